The van der Waals surface area contributed by atoms with Crippen molar-refractivity contribution in [3.8, 4) is 0 Å². The van der Waals surface area contributed by atoms with E-state index in [4.69, 9.17) is 11.6 Å². The number of hydrogen-bond acceptors (Lipinski definition) is 3. The number of nitrogens with zero attached hydrogens (tertiary/aromatic N) is 1. The van der Waals surface area contributed by atoms with Gasteiger partial charge in [-0.05, 0) is 48.2 Å². The van der Waals surface area contributed by atoms with E-state index in [1.54, 1.807) is 12.1 Å². The number of nitrogens with one attached hydrogen (secondary N) is 2. The smallest absolute Gasteiger partial charge is 0.266 e. The number of sulfonamides is 1. The molecule has 0 spiro atoms. The largest absolute Gasteiger partial charge is 0.324 e. The van der Waals surface area contributed by atoms with Crippen molar-refractivity contribution in [3.05, 3.63) is 93.5 Å². The van der Waals surface area contributed by atoms with Gasteiger partial charge in [0.05, 0.1) is 12.2 Å². The van der Waals surface area contributed by atoms with Crippen LogP contribution < -0.4 is 10.0 Å². The first-order valence-electron chi connectivity index (χ1n) is 9.59. The number of aryl methyl sites for hydroxylation is 2. The minimum atomic E-state index is -3.71. The van der Waals surface area contributed by atoms with Gasteiger partial charge in [-0.15, -0.1) is 0 Å². The molecule has 0 bridgehead atoms. The maximum Gasteiger partial charge on any atom is 0.266 e. The highest BCUT2D eigenvalue weighted by Crippen LogP contribution is 2.31. The summed E-state index contributed by atoms with van der Waals surface area (Å²) in [4.78, 5) is 4.70. The van der Waals surface area contributed by atoms with E-state index in [-0.39, 0.29) is 10.9 Å². The Labute approximate surface area is 181 Å². The molecular weight excluding hydrogens is 418 g/mol. The predicted molar refractivity (Wildman–Crippen MR) is 122 cm³/mol. The fourth-order valence-electron chi connectivity index (χ4n) is 3.52. The minimum Gasteiger partial charge on any atom is -0.324 e. The monoisotopic (exact) mass is 439 g/mol. The van der Waals surface area contributed by atoms with E-state index in [0.29, 0.717) is 23.7 Å². The molecule has 5 nitrogen and oxygen atoms in total. The van der Waals surface area contributed by atoms with E-state index >= 15 is 0 Å². The molecule has 2 N–H and O–H groups in total. The normalized spacial score (nSPS) is 15.9. The van der Waals surface area contributed by atoms with Crippen molar-refractivity contribution < 1.29 is 8.42 Å². The highest BCUT2D eigenvalue weighted by molar-refractivity contribution is 7.90. The summed E-state index contributed by atoms with van der Waals surface area (Å²) in [7, 11) is -3.71. The lowest BCUT2D eigenvalue weighted by atomic mass is 10.0. The average Bonchev–Trinajstić information content (AvgIpc) is 2.69. The first-order valence-corrected chi connectivity index (χ1v) is 11.5. The molecule has 1 aliphatic heterocycles. The molecule has 0 aliphatic carbocycles. The van der Waals surface area contributed by atoms with Crippen molar-refractivity contribution >= 4 is 33.3 Å². The number of anilines is 1. The molecule has 4 rings (SSSR count). The molecule has 0 saturated carbocycles. The van der Waals surface area contributed by atoms with Crippen LogP contribution in [0.1, 0.15) is 27.8 Å². The summed E-state index contributed by atoms with van der Waals surface area (Å²) >= 11 is 6.31. The van der Waals surface area contributed by atoms with Crippen molar-refractivity contribution in [2.45, 2.75) is 31.7 Å². The summed E-state index contributed by atoms with van der Waals surface area (Å²) < 4.78 is 28.2. The van der Waals surface area contributed by atoms with E-state index in [1.165, 1.54) is 5.56 Å². The van der Waals surface area contributed by atoms with Crippen LogP contribution in [-0.4, -0.2) is 14.4 Å². The summed E-state index contributed by atoms with van der Waals surface area (Å²) in [5.41, 5.74) is 5.65. The molecule has 0 amide bonds. The first kappa shape index (κ1) is 20.4. The Morgan fingerprint density at radius 2 is 1.70 bits per heavy atom. The number of fused-ring (bicyclic) bond motifs is 1. The molecule has 1 aliphatic rings. The zero-order valence-corrected chi connectivity index (χ0v) is 18.3. The lowest BCUT2D eigenvalue weighted by molar-refractivity contribution is 0.591. The lowest BCUT2D eigenvalue weighted by Crippen LogP contribution is -2.41. The predicted octanol–water partition coefficient (Wildman–Crippen LogP) is 4.81. The zero-order chi connectivity index (χ0) is 21.3. The van der Waals surface area contributed by atoms with Crippen molar-refractivity contribution in [2.24, 2.45) is 4.99 Å². The van der Waals surface area contributed by atoms with Crippen molar-refractivity contribution in [1.82, 2.24) is 4.72 Å². The van der Waals surface area contributed by atoms with Crippen LogP contribution in [0, 0.1) is 13.8 Å². The Morgan fingerprint density at radius 1 is 0.933 bits per heavy atom. The topological polar surface area (TPSA) is 70.6 Å². The van der Waals surface area contributed by atoms with Crippen LogP contribution in [0.3, 0.4) is 0 Å². The second-order valence-electron chi connectivity index (χ2n) is 7.38. The maximum absolute atomic E-state index is 12.8. The number of para-hydroxylation sites is 1. The summed E-state index contributed by atoms with van der Waals surface area (Å²) in [6.45, 7) is 4.44. The number of benzene rings is 3. The molecular formula is C23H22ClN3O2S. The molecule has 0 aromatic heterocycles. The van der Waals surface area contributed by atoms with E-state index in [2.05, 4.69) is 21.1 Å². The minimum absolute atomic E-state index is 0.206. The van der Waals surface area contributed by atoms with Gasteiger partial charge in [0.1, 0.15) is 4.90 Å². The van der Waals surface area contributed by atoms with Crippen molar-refractivity contribution in [1.29, 1.82) is 0 Å². The fourth-order valence-corrected chi connectivity index (χ4v) is 4.91. The number of rotatable bonds is 4. The molecule has 3 aromatic carbocycles. The van der Waals surface area contributed by atoms with Crippen LogP contribution in [0.25, 0.3) is 0 Å². The van der Waals surface area contributed by atoms with Crippen LogP contribution in [0.4, 0.5) is 5.69 Å². The van der Waals surface area contributed by atoms with Crippen molar-refractivity contribution in [3.63, 3.8) is 0 Å². The molecule has 1 heterocycles. The molecule has 154 valence electrons. The van der Waals surface area contributed by atoms with Gasteiger partial charge >= 0.3 is 0 Å². The third-order valence-corrected chi connectivity index (χ3v) is 6.87. The Bertz CT molecular complexity index is 1250. The third-order valence-electron chi connectivity index (χ3n) is 5.12. The van der Waals surface area contributed by atoms with Gasteiger partial charge in [0.2, 0.25) is 5.96 Å². The molecule has 0 atom stereocenters. The Morgan fingerprint density at radius 3 is 2.47 bits per heavy atom. The van der Waals surface area contributed by atoms with E-state index in [1.807, 2.05) is 56.3 Å². The quantitative estimate of drug-likeness (QED) is 0.613. The molecule has 7 heteroatoms. The molecule has 30 heavy (non-hydrogen) atoms. The first-order chi connectivity index (χ1) is 14.3. The lowest BCUT2D eigenvalue weighted by Gasteiger charge is -2.24. The van der Waals surface area contributed by atoms with Crippen LogP contribution in [0.15, 0.2) is 70.6 Å². The second kappa shape index (κ2) is 8.13. The maximum atomic E-state index is 12.8. The standard InChI is InChI=1S/C23H22ClN3O2S/c1-15-10-11-19(16(2)12-15)14-25-23-26-22-18(13-17-6-3-4-8-20(17)24)7-5-9-21(22)30(28,29)27-23/h3-12H,13-14H2,1-2H3,(H2,25,26,27). The molecule has 0 saturated heterocycles. The summed E-state index contributed by atoms with van der Waals surface area (Å²) in [6, 6.07) is 18.9. The van der Waals surface area contributed by atoms with Gasteiger partial charge in [0, 0.05) is 11.4 Å². The van der Waals surface area contributed by atoms with Gasteiger partial charge in [-0.1, -0.05) is 65.7 Å². The number of guanidine groups is 1. The number of halogens is 1. The van der Waals surface area contributed by atoms with Gasteiger partial charge < -0.3 is 5.32 Å². The highest BCUT2D eigenvalue weighted by atomic mass is 35.5. The molecule has 3 aromatic rings. The van der Waals surface area contributed by atoms with E-state index in [9.17, 15) is 8.42 Å². The van der Waals surface area contributed by atoms with Gasteiger partial charge in [0.25, 0.3) is 10.0 Å². The van der Waals surface area contributed by atoms with Gasteiger partial charge in [-0.25, -0.2) is 18.1 Å². The highest BCUT2D eigenvalue weighted by Gasteiger charge is 2.28. The fraction of sp³-hybridized carbons (Fsp3) is 0.174. The average molecular weight is 440 g/mol. The van der Waals surface area contributed by atoms with Gasteiger partial charge in [-0.3, -0.25) is 0 Å². The summed E-state index contributed by atoms with van der Waals surface area (Å²) in [5, 5.41) is 3.83. The third kappa shape index (κ3) is 4.20. The Hall–Kier alpha value is -2.83. The van der Waals surface area contributed by atoms with E-state index in [0.717, 1.165) is 22.3 Å². The summed E-state index contributed by atoms with van der Waals surface area (Å²) in [6.07, 6.45) is 0.510. The molecule has 0 unspecified atom stereocenters. The number of hydrogen-bond donors (Lipinski definition) is 2. The molecule has 0 radical (unpaired) electrons. The van der Waals surface area contributed by atoms with E-state index < -0.39 is 10.0 Å². The SMILES string of the molecule is Cc1ccc(CN=C2Nc3c(Cc4ccccc4Cl)cccc3S(=O)(=O)N2)c(C)c1. The van der Waals surface area contributed by atoms with Gasteiger partial charge in [-0.2, -0.15) is 0 Å². The molecule has 0 fully saturated rings. The number of aliphatic imine (C=N–C) groups is 1. The second-order valence-corrected chi connectivity index (χ2v) is 9.44. The Kier molecular flexibility index (Phi) is 5.54. The van der Waals surface area contributed by atoms with Crippen LogP contribution in [0.2, 0.25) is 5.02 Å². The van der Waals surface area contributed by atoms with Crippen LogP contribution in [0.5, 0.6) is 0 Å². The van der Waals surface area contributed by atoms with Crippen LogP contribution in [-0.2, 0) is 23.0 Å². The summed E-state index contributed by atoms with van der Waals surface area (Å²) in [5.74, 6) is 0.217. The zero-order valence-electron chi connectivity index (χ0n) is 16.7. The Balaban J connectivity index is 1.68. The van der Waals surface area contributed by atoms with Crippen molar-refractivity contribution in [2.75, 3.05) is 5.32 Å². The van der Waals surface area contributed by atoms with Crippen LogP contribution >= 0.6 is 11.6 Å². The van der Waals surface area contributed by atoms with Gasteiger partial charge in [0.15, 0.2) is 0 Å².